The zero-order valence-electron chi connectivity index (χ0n) is 11.2. The van der Waals surface area contributed by atoms with E-state index in [0.717, 1.165) is 5.56 Å². The third kappa shape index (κ3) is 3.99. The second kappa shape index (κ2) is 6.42. The van der Waals surface area contributed by atoms with Gasteiger partial charge in [-0.15, -0.1) is 0 Å². The maximum atomic E-state index is 11.9. The van der Waals surface area contributed by atoms with E-state index in [1.807, 2.05) is 6.07 Å². The third-order valence-corrected chi connectivity index (χ3v) is 3.17. The highest BCUT2D eigenvalue weighted by Gasteiger charge is 2.11. The SMILES string of the molecule is Cc1noc(COC(=O)c2cccc(C[S@@](C)=O)c2)n1. The van der Waals surface area contributed by atoms with E-state index in [1.165, 1.54) is 0 Å². The Morgan fingerprint density at radius 3 is 2.90 bits per heavy atom. The number of hydrogen-bond acceptors (Lipinski definition) is 6. The van der Waals surface area contributed by atoms with Crippen molar-refractivity contribution in [3.8, 4) is 0 Å². The number of aryl methyl sites for hydroxylation is 1. The van der Waals surface area contributed by atoms with Crippen LogP contribution in [0.5, 0.6) is 0 Å². The van der Waals surface area contributed by atoms with Crippen molar-refractivity contribution in [1.82, 2.24) is 10.1 Å². The van der Waals surface area contributed by atoms with Crippen LogP contribution in [0.4, 0.5) is 0 Å². The van der Waals surface area contributed by atoms with Crippen LogP contribution >= 0.6 is 0 Å². The Labute approximate surface area is 118 Å². The average Bonchev–Trinajstić information content (AvgIpc) is 2.81. The minimum absolute atomic E-state index is 0.0659. The topological polar surface area (TPSA) is 82.3 Å². The van der Waals surface area contributed by atoms with Gasteiger partial charge in [0.2, 0.25) is 0 Å². The first kappa shape index (κ1) is 14.4. The largest absolute Gasteiger partial charge is 0.452 e. The van der Waals surface area contributed by atoms with Crippen molar-refractivity contribution in [3.05, 3.63) is 47.1 Å². The maximum Gasteiger partial charge on any atom is 0.338 e. The van der Waals surface area contributed by atoms with Crippen LogP contribution in [-0.4, -0.2) is 26.6 Å². The number of ether oxygens (including phenoxy) is 1. The highest BCUT2D eigenvalue weighted by atomic mass is 32.2. The molecular formula is C13H14N2O4S. The van der Waals surface area contributed by atoms with Gasteiger partial charge in [-0.1, -0.05) is 17.3 Å². The van der Waals surface area contributed by atoms with Gasteiger partial charge in [0.15, 0.2) is 12.4 Å². The Balaban J connectivity index is 1.99. The molecule has 1 atom stereocenters. The van der Waals surface area contributed by atoms with Gasteiger partial charge >= 0.3 is 5.97 Å². The summed E-state index contributed by atoms with van der Waals surface area (Å²) in [5.74, 6) is 0.666. The number of aromatic nitrogens is 2. The van der Waals surface area contributed by atoms with Crippen LogP contribution in [0.2, 0.25) is 0 Å². The summed E-state index contributed by atoms with van der Waals surface area (Å²) in [7, 11) is -0.954. The number of carbonyl (C=O) groups is 1. The number of esters is 1. The molecule has 6 nitrogen and oxygen atoms in total. The van der Waals surface area contributed by atoms with Crippen LogP contribution in [0.15, 0.2) is 28.8 Å². The Kier molecular flexibility index (Phi) is 4.62. The summed E-state index contributed by atoms with van der Waals surface area (Å²) in [5.41, 5.74) is 1.23. The number of rotatable bonds is 5. The lowest BCUT2D eigenvalue weighted by Crippen LogP contribution is -2.06. The number of nitrogens with zero attached hydrogens (tertiary/aromatic N) is 2. The maximum absolute atomic E-state index is 11.9. The lowest BCUT2D eigenvalue weighted by atomic mass is 10.1. The predicted octanol–water partition coefficient (Wildman–Crippen LogP) is 1.61. The molecular weight excluding hydrogens is 280 g/mol. The molecule has 0 N–H and O–H groups in total. The zero-order valence-corrected chi connectivity index (χ0v) is 12.0. The first-order valence-corrected chi connectivity index (χ1v) is 7.62. The fourth-order valence-electron chi connectivity index (χ4n) is 1.63. The molecule has 0 aliphatic heterocycles. The van der Waals surface area contributed by atoms with Crippen LogP contribution in [0.25, 0.3) is 0 Å². The molecule has 2 rings (SSSR count). The summed E-state index contributed by atoms with van der Waals surface area (Å²) in [6, 6.07) is 6.86. The van der Waals surface area contributed by atoms with Crippen molar-refractivity contribution in [1.29, 1.82) is 0 Å². The van der Waals surface area contributed by atoms with Gasteiger partial charge in [0.05, 0.1) is 5.56 Å². The van der Waals surface area contributed by atoms with Gasteiger partial charge in [0.1, 0.15) is 0 Å². The second-order valence-corrected chi connectivity index (χ2v) is 5.66. The molecule has 1 aromatic heterocycles. The molecule has 7 heteroatoms. The summed E-state index contributed by atoms with van der Waals surface area (Å²) in [5, 5.41) is 3.60. The van der Waals surface area contributed by atoms with Crippen molar-refractivity contribution >= 4 is 16.8 Å². The van der Waals surface area contributed by atoms with E-state index in [-0.39, 0.29) is 12.5 Å². The van der Waals surface area contributed by atoms with Gasteiger partial charge in [0, 0.05) is 22.8 Å². The lowest BCUT2D eigenvalue weighted by molar-refractivity contribution is 0.0429. The first-order chi connectivity index (χ1) is 9.54. The van der Waals surface area contributed by atoms with Crippen molar-refractivity contribution in [2.45, 2.75) is 19.3 Å². The van der Waals surface area contributed by atoms with Crippen molar-refractivity contribution < 1.29 is 18.3 Å². The lowest BCUT2D eigenvalue weighted by Gasteiger charge is -2.04. The molecule has 1 heterocycles. The Morgan fingerprint density at radius 2 is 2.25 bits per heavy atom. The van der Waals surface area contributed by atoms with E-state index in [4.69, 9.17) is 9.26 Å². The van der Waals surface area contributed by atoms with Crippen LogP contribution in [-0.2, 0) is 27.9 Å². The highest BCUT2D eigenvalue weighted by molar-refractivity contribution is 7.83. The van der Waals surface area contributed by atoms with Crippen molar-refractivity contribution in [3.63, 3.8) is 0 Å². The molecule has 106 valence electrons. The van der Waals surface area contributed by atoms with Crippen molar-refractivity contribution in [2.24, 2.45) is 0 Å². The molecule has 0 bridgehead atoms. The summed E-state index contributed by atoms with van der Waals surface area (Å²) in [6.07, 6.45) is 1.61. The molecule has 0 spiro atoms. The molecule has 2 aromatic rings. The number of hydrogen-bond donors (Lipinski definition) is 0. The molecule has 0 amide bonds. The van der Waals surface area contributed by atoms with Gasteiger partial charge < -0.3 is 9.26 Å². The molecule has 0 fully saturated rings. The Bertz CT molecular complexity index is 639. The van der Waals surface area contributed by atoms with E-state index in [2.05, 4.69) is 10.1 Å². The molecule has 0 aliphatic rings. The number of benzene rings is 1. The van der Waals surface area contributed by atoms with Gasteiger partial charge in [-0.25, -0.2) is 4.79 Å². The monoisotopic (exact) mass is 294 g/mol. The summed E-state index contributed by atoms with van der Waals surface area (Å²) in [6.45, 7) is 1.62. The minimum Gasteiger partial charge on any atom is -0.452 e. The molecule has 0 saturated carbocycles. The average molecular weight is 294 g/mol. The Morgan fingerprint density at radius 1 is 1.45 bits per heavy atom. The van der Waals surface area contributed by atoms with Gasteiger partial charge in [-0.3, -0.25) is 4.21 Å². The van der Waals surface area contributed by atoms with E-state index in [9.17, 15) is 9.00 Å². The van der Waals surface area contributed by atoms with Crippen LogP contribution < -0.4 is 0 Å². The van der Waals surface area contributed by atoms with Crippen molar-refractivity contribution in [2.75, 3.05) is 6.26 Å². The van der Waals surface area contributed by atoms with Crippen LogP contribution in [0, 0.1) is 6.92 Å². The highest BCUT2D eigenvalue weighted by Crippen LogP contribution is 2.10. The second-order valence-electron chi connectivity index (χ2n) is 4.23. The zero-order chi connectivity index (χ0) is 14.5. The molecule has 0 unspecified atom stereocenters. The van der Waals surface area contributed by atoms with Gasteiger partial charge in [0.25, 0.3) is 5.89 Å². The fraction of sp³-hybridized carbons (Fsp3) is 0.308. The standard InChI is InChI=1S/C13H14N2O4S/c1-9-14-12(19-15-9)7-18-13(16)11-5-3-4-10(6-11)8-20(2)17/h3-6H,7-8H2,1-2H3/t20-/m1/s1. The first-order valence-electron chi connectivity index (χ1n) is 5.90. The predicted molar refractivity (Wildman–Crippen MR) is 72.4 cm³/mol. The minimum atomic E-state index is -0.954. The summed E-state index contributed by atoms with van der Waals surface area (Å²) >= 11 is 0. The third-order valence-electron chi connectivity index (χ3n) is 2.43. The Hall–Kier alpha value is -2.02. The van der Waals surface area contributed by atoms with E-state index in [0.29, 0.717) is 17.1 Å². The van der Waals surface area contributed by atoms with Gasteiger partial charge in [-0.2, -0.15) is 4.98 Å². The number of carbonyl (C=O) groups excluding carboxylic acids is 1. The fourth-order valence-corrected chi connectivity index (χ4v) is 2.28. The van der Waals surface area contributed by atoms with E-state index >= 15 is 0 Å². The smallest absolute Gasteiger partial charge is 0.338 e. The summed E-state index contributed by atoms with van der Waals surface area (Å²) < 4.78 is 21.1. The quantitative estimate of drug-likeness (QED) is 0.779. The van der Waals surface area contributed by atoms with Crippen LogP contribution in [0.1, 0.15) is 27.6 Å². The normalized spacial score (nSPS) is 12.1. The molecule has 0 radical (unpaired) electrons. The molecule has 0 saturated heterocycles. The molecule has 0 aliphatic carbocycles. The van der Waals surface area contributed by atoms with Gasteiger partial charge in [-0.05, 0) is 24.6 Å². The van der Waals surface area contributed by atoms with E-state index in [1.54, 1.807) is 31.4 Å². The molecule has 1 aromatic carbocycles. The van der Waals surface area contributed by atoms with E-state index < -0.39 is 16.8 Å². The molecule has 20 heavy (non-hydrogen) atoms. The van der Waals surface area contributed by atoms with Crippen LogP contribution in [0.3, 0.4) is 0 Å². The summed E-state index contributed by atoms with van der Waals surface area (Å²) in [4.78, 5) is 15.8.